The van der Waals surface area contributed by atoms with Gasteiger partial charge in [-0.2, -0.15) is 0 Å². The number of aliphatic hydroxyl groups excluding tert-OH is 1. The molecule has 1 unspecified atom stereocenters. The molecular formula is C7H10ClNOS. The van der Waals surface area contributed by atoms with Crippen LogP contribution < -0.4 is 5.73 Å². The van der Waals surface area contributed by atoms with Crippen LogP contribution >= 0.6 is 22.9 Å². The van der Waals surface area contributed by atoms with Gasteiger partial charge in [-0.1, -0.05) is 11.6 Å². The van der Waals surface area contributed by atoms with E-state index in [1.165, 1.54) is 11.3 Å². The zero-order chi connectivity index (χ0) is 8.27. The lowest BCUT2D eigenvalue weighted by Crippen LogP contribution is -2.10. The molecule has 1 aromatic heterocycles. The van der Waals surface area contributed by atoms with Crippen molar-refractivity contribution in [3.8, 4) is 0 Å². The van der Waals surface area contributed by atoms with Gasteiger partial charge in [0.2, 0.25) is 0 Å². The summed E-state index contributed by atoms with van der Waals surface area (Å²) in [4.78, 5) is 0.959. The van der Waals surface area contributed by atoms with Crippen LogP contribution in [0.2, 0.25) is 5.02 Å². The van der Waals surface area contributed by atoms with Gasteiger partial charge in [0.05, 0.1) is 5.02 Å². The summed E-state index contributed by atoms with van der Waals surface area (Å²) in [5.74, 6) is 0. The van der Waals surface area contributed by atoms with Gasteiger partial charge in [-0.3, -0.25) is 0 Å². The first-order chi connectivity index (χ1) is 5.25. The van der Waals surface area contributed by atoms with E-state index in [0.29, 0.717) is 11.4 Å². The summed E-state index contributed by atoms with van der Waals surface area (Å²) >= 11 is 7.35. The predicted octanol–water partition coefficient (Wildman–Crippen LogP) is 1.78. The quantitative estimate of drug-likeness (QED) is 0.765. The monoisotopic (exact) mass is 191 g/mol. The Hall–Kier alpha value is -0.0900. The van der Waals surface area contributed by atoms with E-state index in [1.807, 2.05) is 11.4 Å². The molecule has 11 heavy (non-hydrogen) atoms. The molecule has 0 fully saturated rings. The third kappa shape index (κ3) is 2.17. The van der Waals surface area contributed by atoms with Crippen molar-refractivity contribution in [1.82, 2.24) is 0 Å². The lowest BCUT2D eigenvalue weighted by atomic mass is 10.2. The van der Waals surface area contributed by atoms with Crippen molar-refractivity contribution >= 4 is 22.9 Å². The van der Waals surface area contributed by atoms with Crippen LogP contribution in [0, 0.1) is 0 Å². The molecule has 1 atom stereocenters. The fourth-order valence-electron chi connectivity index (χ4n) is 0.840. The van der Waals surface area contributed by atoms with E-state index in [4.69, 9.17) is 22.4 Å². The Morgan fingerprint density at radius 2 is 2.45 bits per heavy atom. The van der Waals surface area contributed by atoms with E-state index in [9.17, 15) is 0 Å². The average Bonchev–Trinajstić information content (AvgIpc) is 2.36. The fraction of sp³-hybridized carbons (Fsp3) is 0.429. The summed E-state index contributed by atoms with van der Waals surface area (Å²) in [5, 5.41) is 11.2. The molecule has 0 aliphatic heterocycles. The van der Waals surface area contributed by atoms with Crippen LogP contribution in [0.5, 0.6) is 0 Å². The third-order valence-electron chi connectivity index (χ3n) is 1.42. The number of hydrogen-bond acceptors (Lipinski definition) is 3. The average molecular weight is 192 g/mol. The molecule has 0 radical (unpaired) electrons. The minimum Gasteiger partial charge on any atom is -0.396 e. The normalized spacial score (nSPS) is 13.4. The molecule has 0 spiro atoms. The van der Waals surface area contributed by atoms with Gasteiger partial charge >= 0.3 is 0 Å². The molecule has 4 heteroatoms. The second kappa shape index (κ2) is 4.07. The maximum Gasteiger partial charge on any atom is 0.0561 e. The Bertz CT molecular complexity index is 226. The van der Waals surface area contributed by atoms with Crippen molar-refractivity contribution in [2.45, 2.75) is 12.5 Å². The first-order valence-corrected chi connectivity index (χ1v) is 4.60. The van der Waals surface area contributed by atoms with E-state index in [-0.39, 0.29) is 12.6 Å². The third-order valence-corrected chi connectivity index (χ3v) is 2.91. The van der Waals surface area contributed by atoms with E-state index in [0.717, 1.165) is 4.88 Å². The molecular weight excluding hydrogens is 182 g/mol. The summed E-state index contributed by atoms with van der Waals surface area (Å²) in [6, 6.07) is 1.70. The van der Waals surface area contributed by atoms with Gasteiger partial charge in [-0.25, -0.2) is 0 Å². The highest BCUT2D eigenvalue weighted by Crippen LogP contribution is 2.28. The number of rotatable bonds is 3. The van der Waals surface area contributed by atoms with E-state index in [1.54, 1.807) is 0 Å². The Labute approximate surface area is 74.6 Å². The van der Waals surface area contributed by atoms with Crippen molar-refractivity contribution in [2.24, 2.45) is 5.73 Å². The van der Waals surface area contributed by atoms with Crippen molar-refractivity contribution < 1.29 is 5.11 Å². The Balaban J connectivity index is 2.67. The second-order valence-corrected chi connectivity index (χ2v) is 3.61. The van der Waals surface area contributed by atoms with Gasteiger partial charge < -0.3 is 10.8 Å². The van der Waals surface area contributed by atoms with E-state index >= 15 is 0 Å². The largest absolute Gasteiger partial charge is 0.396 e. The zero-order valence-electron chi connectivity index (χ0n) is 5.96. The number of nitrogens with two attached hydrogens (primary N) is 1. The van der Waals surface area contributed by atoms with Gasteiger partial charge in [0.25, 0.3) is 0 Å². The molecule has 1 rings (SSSR count). The molecule has 0 bridgehead atoms. The van der Waals surface area contributed by atoms with Crippen LogP contribution in [-0.2, 0) is 0 Å². The van der Waals surface area contributed by atoms with Crippen LogP contribution in [0.4, 0.5) is 0 Å². The first-order valence-electron chi connectivity index (χ1n) is 3.35. The molecule has 0 saturated heterocycles. The summed E-state index contributed by atoms with van der Waals surface area (Å²) in [7, 11) is 0. The lowest BCUT2D eigenvalue weighted by Gasteiger charge is -2.06. The summed E-state index contributed by atoms with van der Waals surface area (Å²) in [6.07, 6.45) is 0.570. The SMILES string of the molecule is NC(CCO)c1sccc1Cl. The molecule has 62 valence electrons. The molecule has 0 aliphatic rings. The van der Waals surface area contributed by atoms with Gasteiger partial charge in [-0.15, -0.1) is 11.3 Å². The summed E-state index contributed by atoms with van der Waals surface area (Å²) < 4.78 is 0. The van der Waals surface area contributed by atoms with Crippen LogP contribution in [0.3, 0.4) is 0 Å². The van der Waals surface area contributed by atoms with Gasteiger partial charge in [-0.05, 0) is 17.9 Å². The highest BCUT2D eigenvalue weighted by molar-refractivity contribution is 7.10. The predicted molar refractivity (Wildman–Crippen MR) is 48.0 cm³/mol. The fourth-order valence-corrected chi connectivity index (χ4v) is 2.08. The lowest BCUT2D eigenvalue weighted by molar-refractivity contribution is 0.277. The van der Waals surface area contributed by atoms with Crippen molar-refractivity contribution in [1.29, 1.82) is 0 Å². The van der Waals surface area contributed by atoms with Crippen LogP contribution in [0.1, 0.15) is 17.3 Å². The van der Waals surface area contributed by atoms with Crippen LogP contribution in [0.15, 0.2) is 11.4 Å². The smallest absolute Gasteiger partial charge is 0.0561 e. The van der Waals surface area contributed by atoms with Gasteiger partial charge in [0, 0.05) is 17.5 Å². The Morgan fingerprint density at radius 3 is 2.91 bits per heavy atom. The first kappa shape index (κ1) is 9.00. The number of hydrogen-bond donors (Lipinski definition) is 2. The summed E-state index contributed by atoms with van der Waals surface area (Å²) in [6.45, 7) is 0.107. The highest BCUT2D eigenvalue weighted by atomic mass is 35.5. The van der Waals surface area contributed by atoms with Gasteiger partial charge in [0.1, 0.15) is 0 Å². The Kier molecular flexibility index (Phi) is 3.33. The molecule has 2 nitrogen and oxygen atoms in total. The maximum atomic E-state index is 8.61. The second-order valence-electron chi connectivity index (χ2n) is 2.25. The molecule has 0 aromatic carbocycles. The van der Waals surface area contributed by atoms with Crippen molar-refractivity contribution in [2.75, 3.05) is 6.61 Å². The molecule has 3 N–H and O–H groups in total. The number of thiophene rings is 1. The number of aliphatic hydroxyl groups is 1. The molecule has 0 saturated carbocycles. The standard InChI is InChI=1S/C7H10ClNOS/c8-5-2-4-11-7(5)6(9)1-3-10/h2,4,6,10H,1,3,9H2. The molecule has 1 heterocycles. The van der Waals surface area contributed by atoms with E-state index in [2.05, 4.69) is 0 Å². The van der Waals surface area contributed by atoms with Gasteiger partial charge in [0.15, 0.2) is 0 Å². The van der Waals surface area contributed by atoms with Crippen molar-refractivity contribution in [3.63, 3.8) is 0 Å². The van der Waals surface area contributed by atoms with Crippen molar-refractivity contribution in [3.05, 3.63) is 21.3 Å². The van der Waals surface area contributed by atoms with Crippen LogP contribution in [0.25, 0.3) is 0 Å². The summed E-state index contributed by atoms with van der Waals surface area (Å²) in [5.41, 5.74) is 5.72. The molecule has 0 aliphatic carbocycles. The zero-order valence-corrected chi connectivity index (χ0v) is 7.53. The molecule has 0 amide bonds. The Morgan fingerprint density at radius 1 is 1.73 bits per heavy atom. The highest BCUT2D eigenvalue weighted by Gasteiger charge is 2.09. The minimum absolute atomic E-state index is 0.107. The topological polar surface area (TPSA) is 46.2 Å². The number of halogens is 1. The minimum atomic E-state index is -0.118. The molecule has 1 aromatic rings. The maximum absolute atomic E-state index is 8.61. The van der Waals surface area contributed by atoms with Crippen LogP contribution in [-0.4, -0.2) is 11.7 Å². The van der Waals surface area contributed by atoms with E-state index < -0.39 is 0 Å².